The minimum atomic E-state index is -4.91. The zero-order valence-electron chi connectivity index (χ0n) is 42.2. The van der Waals surface area contributed by atoms with Gasteiger partial charge in [0.05, 0.1) is 55.1 Å². The van der Waals surface area contributed by atoms with Crippen molar-refractivity contribution in [2.75, 3.05) is 87.2 Å². The highest BCUT2D eigenvalue weighted by atomic mass is 31.2. The monoisotopic (exact) mass is 1080 g/mol. The fraction of sp³-hybridized carbons (Fsp3) is 0.304. The molecule has 0 unspecified atom stereocenters. The Morgan fingerprint density at radius 3 is 1.33 bits per heavy atom. The van der Waals surface area contributed by atoms with Gasteiger partial charge in [0.2, 0.25) is 23.4 Å². The number of amides is 2. The van der Waals surface area contributed by atoms with Crippen molar-refractivity contribution in [2.45, 2.75) is 38.9 Å². The van der Waals surface area contributed by atoms with Crippen LogP contribution < -0.4 is 69.0 Å². The second-order valence-electron chi connectivity index (χ2n) is 16.7. The highest BCUT2D eigenvalue weighted by Gasteiger charge is 2.44. The van der Waals surface area contributed by atoms with Crippen molar-refractivity contribution in [3.63, 3.8) is 0 Å². The maximum atomic E-state index is 14.7. The molecule has 7 N–H and O–H groups in total. The highest BCUT2D eigenvalue weighted by Crippen LogP contribution is 2.44. The summed E-state index contributed by atoms with van der Waals surface area (Å²) >= 11 is 0. The van der Waals surface area contributed by atoms with Crippen LogP contribution >= 0.6 is 7.82 Å². The molecule has 2 aliphatic heterocycles. The maximum absolute atomic E-state index is 14.7. The number of ether oxygens (including phenoxy) is 8. The van der Waals surface area contributed by atoms with Gasteiger partial charge in [-0.1, -0.05) is 0 Å². The van der Waals surface area contributed by atoms with Gasteiger partial charge in [0.15, 0.2) is 80.6 Å². The molecule has 404 valence electrons. The lowest BCUT2D eigenvalue weighted by atomic mass is 10.1. The number of hydrogen-bond donors (Lipinski definition) is 7. The minimum absolute atomic E-state index is 0.00747. The van der Waals surface area contributed by atoms with E-state index in [-0.39, 0.29) is 52.6 Å². The Hall–Kier alpha value is -8.63. The summed E-state index contributed by atoms with van der Waals surface area (Å²) in [5.74, 6) is -0.0683. The number of pyridine rings is 2. The van der Waals surface area contributed by atoms with Crippen LogP contribution in [0.1, 0.15) is 27.7 Å². The second-order valence-corrected chi connectivity index (χ2v) is 18.0. The van der Waals surface area contributed by atoms with E-state index in [1.165, 1.54) is 74.7 Å². The van der Waals surface area contributed by atoms with E-state index in [1.54, 1.807) is 44.2 Å². The van der Waals surface area contributed by atoms with E-state index in [9.17, 15) is 28.0 Å². The number of halogens is 2. The number of aliphatic hydroxyl groups excluding tert-OH is 1. The summed E-state index contributed by atoms with van der Waals surface area (Å²) in [6.45, 7) is 4.74. The predicted octanol–water partition coefficient (Wildman–Crippen LogP) is 6.07. The standard InChI is InChI=1S/C23H26FN6O9P.C23H25FN6O6/c1-23(2)21(31)30(11-38-40(32,33)34)20-14(39-23)6-7-17(28-20)27-19-13(24)10-25-22(29-19)26-12-8-15(35-3)18(37-5)16(9-12)36-4;1-23(2)21(32)30(11-31)20-14(36-23)6-7-17(28-20)27-19-13(24)10-25-22(29-19)26-12-8-15(33-3)18(35-5)16(9-12)34-4/h6-10H,11H2,1-5H3,(H2,32,33,34)(H2,25,26,27,28,29);6-10,31H,11H2,1-5H3,(H2,25,26,27,28,29). The first-order valence-corrected chi connectivity index (χ1v) is 23.7. The number of aromatic nitrogens is 6. The summed E-state index contributed by atoms with van der Waals surface area (Å²) < 4.78 is 88.4. The summed E-state index contributed by atoms with van der Waals surface area (Å²) in [6.07, 6.45) is 1.92. The van der Waals surface area contributed by atoms with Crippen molar-refractivity contribution in [2.24, 2.45) is 0 Å². The minimum Gasteiger partial charge on any atom is -0.493 e. The summed E-state index contributed by atoms with van der Waals surface area (Å²) in [5, 5.41) is 21.1. The maximum Gasteiger partial charge on any atom is 0.471 e. The van der Waals surface area contributed by atoms with E-state index in [0.29, 0.717) is 51.6 Å². The molecule has 0 aliphatic carbocycles. The first-order chi connectivity index (χ1) is 36.0. The van der Waals surface area contributed by atoms with Gasteiger partial charge in [-0.2, -0.15) is 9.97 Å². The van der Waals surface area contributed by atoms with Gasteiger partial charge in [-0.25, -0.2) is 33.3 Å². The van der Waals surface area contributed by atoms with E-state index in [1.807, 2.05) is 0 Å². The molecule has 2 aromatic carbocycles. The molecule has 8 rings (SSSR count). The number of anilines is 10. The molecular weight excluding hydrogens is 1030 g/mol. The molecule has 76 heavy (non-hydrogen) atoms. The van der Waals surface area contributed by atoms with Gasteiger partial charge in [0.25, 0.3) is 11.8 Å². The van der Waals surface area contributed by atoms with Gasteiger partial charge in [-0.15, -0.1) is 0 Å². The number of nitrogens with zero attached hydrogens (tertiary/aromatic N) is 8. The predicted molar refractivity (Wildman–Crippen MR) is 267 cm³/mol. The zero-order chi connectivity index (χ0) is 55.3. The molecule has 4 aromatic heterocycles. The number of fused-ring (bicyclic) bond motifs is 2. The Labute approximate surface area is 431 Å². The molecule has 6 aromatic rings. The number of benzene rings is 2. The third-order valence-electron chi connectivity index (χ3n) is 10.8. The van der Waals surface area contributed by atoms with E-state index < -0.39 is 55.9 Å². The van der Waals surface area contributed by atoms with E-state index >= 15 is 0 Å². The van der Waals surface area contributed by atoms with Crippen LogP contribution in [-0.2, 0) is 18.7 Å². The molecule has 30 heteroatoms. The van der Waals surface area contributed by atoms with Crippen LogP contribution in [0, 0.1) is 11.6 Å². The molecule has 0 bridgehead atoms. The highest BCUT2D eigenvalue weighted by molar-refractivity contribution is 7.46. The molecule has 2 amide bonds. The average Bonchev–Trinajstić information content (AvgIpc) is 3.40. The molecule has 0 saturated heterocycles. The number of aliphatic hydroxyl groups is 1. The van der Waals surface area contributed by atoms with Gasteiger partial charge in [0.1, 0.15) is 25.1 Å². The fourth-order valence-electron chi connectivity index (χ4n) is 7.26. The molecule has 0 fully saturated rings. The summed E-state index contributed by atoms with van der Waals surface area (Å²) in [5.41, 5.74) is -1.57. The lowest BCUT2D eigenvalue weighted by Gasteiger charge is -2.37. The van der Waals surface area contributed by atoms with Crippen LogP contribution in [0.2, 0.25) is 0 Å². The largest absolute Gasteiger partial charge is 0.493 e. The number of hydrogen-bond acceptors (Lipinski definition) is 23. The quantitative estimate of drug-likeness (QED) is 0.0480. The molecule has 0 spiro atoms. The number of carbonyl (C=O) groups is 2. The van der Waals surface area contributed by atoms with Crippen LogP contribution in [0.15, 0.2) is 60.9 Å². The Bertz CT molecular complexity index is 3160. The molecule has 27 nitrogen and oxygen atoms in total. The van der Waals surface area contributed by atoms with Crippen molar-refractivity contribution in [3.05, 3.63) is 72.6 Å². The lowest BCUT2D eigenvalue weighted by Crippen LogP contribution is -2.53. The van der Waals surface area contributed by atoms with Gasteiger partial charge in [-0.05, 0) is 52.0 Å². The van der Waals surface area contributed by atoms with Crippen LogP contribution in [0.5, 0.6) is 46.0 Å². The number of phosphoric acid groups is 1. The van der Waals surface area contributed by atoms with Crippen molar-refractivity contribution in [1.29, 1.82) is 0 Å². The van der Waals surface area contributed by atoms with Crippen LogP contribution in [0.4, 0.5) is 67.0 Å². The molecule has 0 radical (unpaired) electrons. The molecular formula is C46H51F2N12O15P. The normalized spacial score (nSPS) is 14.1. The lowest BCUT2D eigenvalue weighted by molar-refractivity contribution is -0.134. The third kappa shape index (κ3) is 12.1. The van der Waals surface area contributed by atoms with Gasteiger partial charge in [0, 0.05) is 35.6 Å². The Kier molecular flexibility index (Phi) is 16.3. The molecule has 2 aliphatic rings. The smallest absolute Gasteiger partial charge is 0.471 e. The van der Waals surface area contributed by atoms with Crippen molar-refractivity contribution in [1.82, 2.24) is 29.9 Å². The molecule has 0 saturated carbocycles. The summed E-state index contributed by atoms with van der Waals surface area (Å²) in [7, 11) is 3.94. The first-order valence-electron chi connectivity index (χ1n) is 22.1. The Morgan fingerprint density at radius 2 is 0.974 bits per heavy atom. The van der Waals surface area contributed by atoms with Gasteiger partial charge in [-0.3, -0.25) is 23.9 Å². The number of methoxy groups -OCH3 is 6. The number of rotatable bonds is 18. The average molecular weight is 1080 g/mol. The topological polar surface area (TPSA) is 327 Å². The van der Waals surface area contributed by atoms with E-state index in [2.05, 4.69) is 55.7 Å². The number of phosphoric ester groups is 1. The summed E-state index contributed by atoms with van der Waals surface area (Å²) in [4.78, 5) is 70.5. The molecule has 0 atom stereocenters. The summed E-state index contributed by atoms with van der Waals surface area (Å²) in [6, 6.07) is 12.5. The van der Waals surface area contributed by atoms with Crippen molar-refractivity contribution in [3.8, 4) is 46.0 Å². The van der Waals surface area contributed by atoms with Crippen molar-refractivity contribution >= 4 is 77.8 Å². The number of nitrogens with one attached hydrogen (secondary N) is 4. The molecule has 6 heterocycles. The van der Waals surface area contributed by atoms with Crippen LogP contribution in [-0.4, -0.2) is 124 Å². The van der Waals surface area contributed by atoms with Gasteiger partial charge < -0.3 is 74.1 Å². The first kappa shape index (κ1) is 55.1. The van der Waals surface area contributed by atoms with Crippen molar-refractivity contribution < 1.29 is 80.2 Å². The van der Waals surface area contributed by atoms with Crippen LogP contribution in [0.3, 0.4) is 0 Å². The van der Waals surface area contributed by atoms with E-state index in [0.717, 1.165) is 22.2 Å². The number of carbonyl (C=O) groups excluding carboxylic acids is 2. The van der Waals surface area contributed by atoms with E-state index in [4.69, 9.17) is 47.7 Å². The SMILES string of the molecule is COc1cc(Nc2ncc(F)c(Nc3ccc4c(n3)N(CO)C(=O)C(C)(C)O4)n2)cc(OC)c1OC.COc1cc(Nc2ncc(F)c(Nc3ccc4c(n3)N(COP(=O)(O)O)C(=O)C(C)(C)O4)n2)cc(OC)c1OC. The Morgan fingerprint density at radius 1 is 0.592 bits per heavy atom. The third-order valence-corrected chi connectivity index (χ3v) is 11.2. The zero-order valence-corrected chi connectivity index (χ0v) is 43.1. The second kappa shape index (κ2) is 22.5. The Balaban J connectivity index is 0.000000222. The van der Waals surface area contributed by atoms with Crippen LogP contribution in [0.25, 0.3) is 0 Å². The fourth-order valence-corrected chi connectivity index (χ4v) is 7.52. The van der Waals surface area contributed by atoms with Gasteiger partial charge >= 0.3 is 7.82 Å².